The van der Waals surface area contributed by atoms with Crippen LogP contribution in [0.25, 0.3) is 0 Å². The summed E-state index contributed by atoms with van der Waals surface area (Å²) in [6.07, 6.45) is 0.839. The largest absolute Gasteiger partial charge is 0.476 e. The number of aromatic amines is 1. The van der Waals surface area contributed by atoms with Gasteiger partial charge in [0.15, 0.2) is 5.69 Å². The molecule has 0 amide bonds. The number of aromatic carboxylic acids is 1. The summed E-state index contributed by atoms with van der Waals surface area (Å²) in [5.41, 5.74) is 2.14. The average Bonchev–Trinajstić information content (AvgIpc) is 2.60. The van der Waals surface area contributed by atoms with E-state index >= 15 is 0 Å². The van der Waals surface area contributed by atoms with Crippen molar-refractivity contribution in [1.29, 1.82) is 0 Å². The van der Waals surface area contributed by atoms with Crippen molar-refractivity contribution >= 4 is 5.97 Å². The fourth-order valence-corrected chi connectivity index (χ4v) is 2.84. The van der Waals surface area contributed by atoms with E-state index in [-0.39, 0.29) is 5.69 Å². The average molecular weight is 208 g/mol. The van der Waals surface area contributed by atoms with Crippen molar-refractivity contribution in [3.05, 3.63) is 17.0 Å². The maximum absolute atomic E-state index is 10.8. The summed E-state index contributed by atoms with van der Waals surface area (Å²) in [5, 5.41) is 15.6. The van der Waals surface area contributed by atoms with E-state index in [4.69, 9.17) is 9.84 Å². The summed E-state index contributed by atoms with van der Waals surface area (Å²) in [7, 11) is 1.70. The van der Waals surface area contributed by atoms with Crippen LogP contribution in [0.2, 0.25) is 0 Å². The molecule has 1 saturated carbocycles. The number of ether oxygens (including phenoxy) is 1. The molecule has 80 valence electrons. The number of carboxylic acids is 1. The van der Waals surface area contributed by atoms with Crippen LogP contribution in [-0.4, -0.2) is 35.0 Å². The molecule has 2 aliphatic rings. The van der Waals surface area contributed by atoms with Gasteiger partial charge in [-0.05, 0) is 18.3 Å². The molecule has 5 nitrogen and oxygen atoms in total. The molecular formula is C10H12N2O3. The van der Waals surface area contributed by atoms with Gasteiger partial charge in [0.2, 0.25) is 0 Å². The SMILES string of the molecule is COC[C@@H]1[C@H]2Cc3c(C(=O)O)n[nH]c3[C@@H]12. The highest BCUT2D eigenvalue weighted by molar-refractivity contribution is 5.87. The third-order valence-electron chi connectivity index (χ3n) is 3.57. The number of fused-ring (bicyclic) bond motifs is 3. The van der Waals surface area contributed by atoms with Crippen molar-refractivity contribution in [2.75, 3.05) is 13.7 Å². The standard InChI is InChI=1S/C10H12N2O3/c1-15-3-6-4-2-5-8(7(4)6)11-12-9(5)10(13)14/h4,6-7H,2-3H2,1H3,(H,11,12)(H,13,14)/t4-,6-,7-/m1/s1. The molecule has 0 radical (unpaired) electrons. The zero-order valence-electron chi connectivity index (χ0n) is 8.36. The molecule has 0 aromatic carbocycles. The van der Waals surface area contributed by atoms with Crippen LogP contribution in [0.3, 0.4) is 0 Å². The second kappa shape index (κ2) is 2.82. The first-order valence-corrected chi connectivity index (χ1v) is 5.03. The summed E-state index contributed by atoms with van der Waals surface area (Å²) in [6.45, 7) is 0.760. The minimum Gasteiger partial charge on any atom is -0.476 e. The Morgan fingerprint density at radius 1 is 1.73 bits per heavy atom. The summed E-state index contributed by atoms with van der Waals surface area (Å²) in [5.74, 6) is 0.662. The van der Waals surface area contributed by atoms with Gasteiger partial charge in [-0.3, -0.25) is 5.10 Å². The fraction of sp³-hybridized carbons (Fsp3) is 0.600. The number of H-pyrrole nitrogens is 1. The first kappa shape index (κ1) is 8.91. The van der Waals surface area contributed by atoms with E-state index in [1.165, 1.54) is 0 Å². The lowest BCUT2D eigenvalue weighted by molar-refractivity contribution is 0.0689. The Balaban J connectivity index is 1.88. The lowest BCUT2D eigenvalue weighted by atomic mass is 10.1. The number of hydrogen-bond acceptors (Lipinski definition) is 3. The van der Waals surface area contributed by atoms with E-state index in [9.17, 15) is 4.79 Å². The van der Waals surface area contributed by atoms with Gasteiger partial charge in [-0.2, -0.15) is 5.10 Å². The maximum atomic E-state index is 10.8. The molecule has 0 bridgehead atoms. The van der Waals surface area contributed by atoms with Crippen LogP contribution >= 0.6 is 0 Å². The number of carbonyl (C=O) groups is 1. The number of carboxylic acid groups (broad SMARTS) is 1. The van der Waals surface area contributed by atoms with Gasteiger partial charge in [0, 0.05) is 30.9 Å². The number of methoxy groups -OCH3 is 1. The first-order valence-electron chi connectivity index (χ1n) is 5.03. The molecule has 1 aromatic heterocycles. The molecule has 0 spiro atoms. The lowest BCUT2D eigenvalue weighted by Gasteiger charge is -2.01. The summed E-state index contributed by atoms with van der Waals surface area (Å²) < 4.78 is 5.12. The van der Waals surface area contributed by atoms with Crippen LogP contribution in [0.1, 0.15) is 27.7 Å². The van der Waals surface area contributed by atoms with Crippen LogP contribution in [0, 0.1) is 11.8 Å². The fourth-order valence-electron chi connectivity index (χ4n) is 2.84. The molecule has 0 unspecified atom stereocenters. The van der Waals surface area contributed by atoms with Crippen molar-refractivity contribution in [2.45, 2.75) is 12.3 Å². The quantitative estimate of drug-likeness (QED) is 0.764. The summed E-state index contributed by atoms with van der Waals surface area (Å²) in [6, 6.07) is 0. The van der Waals surface area contributed by atoms with Crippen LogP contribution in [0.4, 0.5) is 0 Å². The lowest BCUT2D eigenvalue weighted by Crippen LogP contribution is -2.04. The summed E-state index contributed by atoms with van der Waals surface area (Å²) in [4.78, 5) is 10.8. The van der Waals surface area contributed by atoms with Gasteiger partial charge in [0.1, 0.15) is 0 Å². The van der Waals surface area contributed by atoms with Gasteiger partial charge < -0.3 is 9.84 Å². The normalized spacial score (nSPS) is 31.1. The highest BCUT2D eigenvalue weighted by Gasteiger charge is 2.57. The van der Waals surface area contributed by atoms with Gasteiger partial charge in [-0.15, -0.1) is 0 Å². The smallest absolute Gasteiger partial charge is 0.356 e. The number of aromatic nitrogens is 2. The minimum atomic E-state index is -0.933. The van der Waals surface area contributed by atoms with E-state index in [1.807, 2.05) is 0 Å². The maximum Gasteiger partial charge on any atom is 0.356 e. The predicted octanol–water partition coefficient (Wildman–Crippen LogP) is 0.640. The minimum absolute atomic E-state index is 0.202. The van der Waals surface area contributed by atoms with Gasteiger partial charge in [0.05, 0.1) is 0 Å². The Hall–Kier alpha value is -1.36. The molecule has 1 aromatic rings. The van der Waals surface area contributed by atoms with Gasteiger partial charge in [0.25, 0.3) is 0 Å². The number of rotatable bonds is 3. The van der Waals surface area contributed by atoms with Crippen LogP contribution in [0.5, 0.6) is 0 Å². The Kier molecular flexibility index (Phi) is 1.68. The molecular weight excluding hydrogens is 196 g/mol. The van der Waals surface area contributed by atoms with Gasteiger partial charge >= 0.3 is 5.97 Å². The molecule has 1 fully saturated rings. The van der Waals surface area contributed by atoms with Crippen molar-refractivity contribution in [3.8, 4) is 0 Å². The Labute approximate surface area is 86.4 Å². The number of hydrogen-bond donors (Lipinski definition) is 2. The zero-order chi connectivity index (χ0) is 10.6. The first-order chi connectivity index (χ1) is 7.24. The third kappa shape index (κ3) is 1.07. The van der Waals surface area contributed by atoms with Crippen molar-refractivity contribution in [1.82, 2.24) is 10.2 Å². The molecule has 3 rings (SSSR count). The monoisotopic (exact) mass is 208 g/mol. The van der Waals surface area contributed by atoms with E-state index < -0.39 is 5.97 Å². The van der Waals surface area contributed by atoms with Crippen molar-refractivity contribution in [2.24, 2.45) is 11.8 Å². The van der Waals surface area contributed by atoms with Crippen molar-refractivity contribution in [3.63, 3.8) is 0 Å². The second-order valence-corrected chi connectivity index (χ2v) is 4.28. The van der Waals surface area contributed by atoms with E-state index in [0.717, 1.165) is 24.3 Å². The highest BCUT2D eigenvalue weighted by Crippen LogP contribution is 2.61. The van der Waals surface area contributed by atoms with Crippen LogP contribution < -0.4 is 0 Å². The molecule has 2 aliphatic carbocycles. The molecule has 5 heteroatoms. The molecule has 0 saturated heterocycles. The third-order valence-corrected chi connectivity index (χ3v) is 3.57. The number of nitrogens with zero attached hydrogens (tertiary/aromatic N) is 1. The summed E-state index contributed by atoms with van der Waals surface area (Å²) >= 11 is 0. The van der Waals surface area contributed by atoms with Gasteiger partial charge in [-0.1, -0.05) is 0 Å². The topological polar surface area (TPSA) is 75.2 Å². The van der Waals surface area contributed by atoms with Crippen molar-refractivity contribution < 1.29 is 14.6 Å². The second-order valence-electron chi connectivity index (χ2n) is 4.28. The van der Waals surface area contributed by atoms with E-state index in [2.05, 4.69) is 10.2 Å². The predicted molar refractivity (Wildman–Crippen MR) is 50.8 cm³/mol. The molecule has 15 heavy (non-hydrogen) atoms. The highest BCUT2D eigenvalue weighted by atomic mass is 16.5. The molecule has 2 N–H and O–H groups in total. The van der Waals surface area contributed by atoms with Crippen LogP contribution in [0.15, 0.2) is 0 Å². The van der Waals surface area contributed by atoms with Gasteiger partial charge in [-0.25, -0.2) is 4.79 Å². The molecule has 1 heterocycles. The molecule has 3 atom stereocenters. The number of nitrogens with one attached hydrogen (secondary N) is 1. The van der Waals surface area contributed by atoms with E-state index in [0.29, 0.717) is 17.8 Å². The van der Waals surface area contributed by atoms with Crippen LogP contribution in [-0.2, 0) is 11.2 Å². The van der Waals surface area contributed by atoms with E-state index in [1.54, 1.807) is 7.11 Å². The zero-order valence-corrected chi connectivity index (χ0v) is 8.36. The molecule has 0 aliphatic heterocycles. The Morgan fingerprint density at radius 3 is 3.20 bits per heavy atom. The Bertz CT molecular complexity index is 426. The Morgan fingerprint density at radius 2 is 2.53 bits per heavy atom.